The van der Waals surface area contributed by atoms with Crippen molar-refractivity contribution in [3.8, 4) is 10.4 Å². The number of hydrogen-bond acceptors (Lipinski definition) is 13. The van der Waals surface area contributed by atoms with Gasteiger partial charge in [-0.3, -0.25) is 38.1 Å². The molecule has 86 heavy (non-hydrogen) atoms. The topological polar surface area (TPSA) is 277 Å². The molecule has 20 nitrogen and oxygen atoms in total. The molecule has 3 aromatic carbocycles. The maximum atomic E-state index is 14.9. The molecule has 5 heterocycles. The number of halogens is 2. The molecule has 3 fully saturated rings. The zero-order valence-corrected chi connectivity index (χ0v) is 52.0. The lowest BCUT2D eigenvalue weighted by atomic mass is 9.85. The van der Waals surface area contributed by atoms with E-state index in [0.29, 0.717) is 24.2 Å². The summed E-state index contributed by atoms with van der Waals surface area (Å²) in [6, 6.07) is 17.2. The molecular weight excluding hydrogens is 1170 g/mol. The molecule has 8 rings (SSSR count). The van der Waals surface area contributed by atoms with Crippen molar-refractivity contribution in [2.24, 2.45) is 10.8 Å². The molecule has 464 valence electrons. The largest absolute Gasteiger partial charge is 0.399 e. The van der Waals surface area contributed by atoms with Crippen LogP contribution in [-0.4, -0.2) is 152 Å². The Kier molecular flexibility index (Phi) is 20.4. The van der Waals surface area contributed by atoms with Crippen LogP contribution in [0.4, 0.5) is 8.78 Å². The third-order valence-electron chi connectivity index (χ3n) is 16.1. The fourth-order valence-electron chi connectivity index (χ4n) is 11.3. The number of amides is 7. The Labute approximate surface area is 507 Å². The normalized spacial score (nSPS) is 20.5. The van der Waals surface area contributed by atoms with E-state index in [1.807, 2.05) is 68.4 Å². The monoisotopic (exact) mass is 1250 g/mol. The van der Waals surface area contributed by atoms with Crippen molar-refractivity contribution in [3.05, 3.63) is 112 Å². The second kappa shape index (κ2) is 26.8. The van der Waals surface area contributed by atoms with Gasteiger partial charge in [0.2, 0.25) is 35.4 Å². The summed E-state index contributed by atoms with van der Waals surface area (Å²) < 4.78 is 47.4. The fourth-order valence-corrected chi connectivity index (χ4v) is 13.5. The minimum absolute atomic E-state index is 0.0213. The van der Waals surface area contributed by atoms with E-state index in [1.165, 1.54) is 21.9 Å². The number of thiazole rings is 1. The van der Waals surface area contributed by atoms with Gasteiger partial charge in [-0.05, 0) is 84.2 Å². The smallest absolute Gasteiger partial charge is 0.391 e. The molecule has 7 amide bonds. The number of nitrogens with zero attached hydrogens (tertiary/aromatic N) is 4. The highest BCUT2D eigenvalue weighted by atomic mass is 32.1. The number of benzene rings is 3. The highest BCUT2D eigenvalue weighted by Gasteiger charge is 2.51. The molecule has 3 saturated heterocycles. The van der Waals surface area contributed by atoms with Gasteiger partial charge < -0.3 is 55.6 Å². The zero-order chi connectivity index (χ0) is 62.6. The fraction of sp³-hybridized carbons (Fsp3) is 0.508. The molecule has 0 aliphatic carbocycles. The summed E-state index contributed by atoms with van der Waals surface area (Å²) in [6.07, 6.45) is -0.0355. The van der Waals surface area contributed by atoms with Crippen LogP contribution in [0.3, 0.4) is 0 Å². The molecule has 0 radical (unpaired) electrons. The van der Waals surface area contributed by atoms with Gasteiger partial charge >= 0.3 is 13.3 Å². The van der Waals surface area contributed by atoms with Crippen LogP contribution in [0.15, 0.2) is 84.4 Å². The van der Waals surface area contributed by atoms with Crippen LogP contribution in [0.1, 0.15) is 131 Å². The van der Waals surface area contributed by atoms with Crippen LogP contribution in [0.25, 0.3) is 20.5 Å². The summed E-state index contributed by atoms with van der Waals surface area (Å²) in [5.74, 6) is -3.53. The minimum Gasteiger partial charge on any atom is -0.391 e. The Hall–Kier alpha value is -6.53. The predicted octanol–water partition coefficient (Wildman–Crippen LogP) is 7.36. The van der Waals surface area contributed by atoms with Gasteiger partial charge in [-0.15, -0.1) is 22.7 Å². The number of thiophene rings is 1. The van der Waals surface area contributed by atoms with Gasteiger partial charge in [0.05, 0.1) is 39.2 Å². The number of rotatable bonds is 20. The van der Waals surface area contributed by atoms with Gasteiger partial charge in [0.1, 0.15) is 30.8 Å². The molecule has 7 N–H and O–H groups in total. The maximum absolute atomic E-state index is 14.9. The van der Waals surface area contributed by atoms with E-state index in [0.717, 1.165) is 57.2 Å². The summed E-state index contributed by atoms with van der Waals surface area (Å²) in [5, 5.41) is 22.3. The molecular formula is C61H77F2N8O12PS2. The number of alkyl halides is 2. The summed E-state index contributed by atoms with van der Waals surface area (Å²) in [5.41, 5.74) is -1.51. The highest BCUT2D eigenvalue weighted by Crippen LogP contribution is 2.59. The van der Waals surface area contributed by atoms with Crippen LogP contribution < -0.4 is 21.3 Å². The first-order valence-electron chi connectivity index (χ1n) is 28.8. The van der Waals surface area contributed by atoms with Crippen LogP contribution >= 0.6 is 30.3 Å². The van der Waals surface area contributed by atoms with Crippen LogP contribution in [0.2, 0.25) is 0 Å². The number of likely N-dealkylation sites (tertiary alicyclic amines) is 3. The first-order valence-corrected chi connectivity index (χ1v) is 32.1. The van der Waals surface area contributed by atoms with Crippen molar-refractivity contribution in [3.63, 3.8) is 0 Å². The van der Waals surface area contributed by atoms with E-state index >= 15 is 0 Å². The average Bonchev–Trinajstić information content (AvgIpc) is 1.75. The number of aromatic nitrogens is 1. The number of carbonyl (C=O) groups excluding carboxylic acids is 7. The first kappa shape index (κ1) is 65.4. The lowest BCUT2D eigenvalue weighted by molar-refractivity contribution is -0.147. The molecule has 0 spiro atoms. The molecule has 2 aromatic heterocycles. The minimum atomic E-state index is -5.87. The number of carbonyl (C=O) groups is 7. The third kappa shape index (κ3) is 15.4. The number of aliphatic hydroxyl groups excluding tert-OH is 1. The Morgan fingerprint density at radius 1 is 0.814 bits per heavy atom. The van der Waals surface area contributed by atoms with E-state index in [1.54, 1.807) is 63.3 Å². The number of ether oxygens (including phenoxy) is 1. The average molecular weight is 1250 g/mol. The van der Waals surface area contributed by atoms with E-state index in [2.05, 4.69) is 26.3 Å². The number of aryl methyl sites for hydroxylation is 1. The second-order valence-electron chi connectivity index (χ2n) is 24.8. The number of piperidine rings is 1. The van der Waals surface area contributed by atoms with Crippen molar-refractivity contribution >= 4 is 81.7 Å². The van der Waals surface area contributed by atoms with Gasteiger partial charge in [-0.1, -0.05) is 102 Å². The number of nitrogens with one attached hydrogen (secondary N) is 4. The predicted molar refractivity (Wildman–Crippen MR) is 322 cm³/mol. The number of β-amino-alcohol motifs (C(OH)–C–C–N with tert-alkyl or cyclic N) is 1. The van der Waals surface area contributed by atoms with Crippen molar-refractivity contribution in [1.82, 2.24) is 41.0 Å². The van der Waals surface area contributed by atoms with Crippen molar-refractivity contribution in [1.29, 1.82) is 0 Å². The van der Waals surface area contributed by atoms with E-state index in [-0.39, 0.29) is 67.4 Å². The molecule has 5 aromatic rings. The van der Waals surface area contributed by atoms with Gasteiger partial charge in [-0.2, -0.15) is 8.78 Å². The van der Waals surface area contributed by atoms with Crippen molar-refractivity contribution < 1.29 is 66.5 Å². The molecule has 3 aliphatic rings. The number of fused-ring (bicyclic) bond motifs is 1. The highest BCUT2D eigenvalue weighted by molar-refractivity contribution is 7.52. The van der Waals surface area contributed by atoms with Gasteiger partial charge in [0.15, 0.2) is 0 Å². The number of hydrogen-bond donors (Lipinski definition) is 7. The van der Waals surface area contributed by atoms with Gasteiger partial charge in [0, 0.05) is 68.2 Å². The summed E-state index contributed by atoms with van der Waals surface area (Å²) in [7, 11) is -5.87. The Bertz CT molecular complexity index is 3350. The lowest BCUT2D eigenvalue weighted by Crippen LogP contribution is -2.58. The van der Waals surface area contributed by atoms with Crippen molar-refractivity contribution in [2.75, 3.05) is 39.3 Å². The van der Waals surface area contributed by atoms with E-state index < -0.39 is 114 Å². The van der Waals surface area contributed by atoms with E-state index in [9.17, 15) is 61.8 Å². The molecule has 3 unspecified atom stereocenters. The lowest BCUT2D eigenvalue weighted by Gasteiger charge is -2.38. The van der Waals surface area contributed by atoms with Gasteiger partial charge in [-0.25, -0.2) is 4.98 Å². The van der Waals surface area contributed by atoms with E-state index in [4.69, 9.17) is 4.74 Å². The zero-order valence-electron chi connectivity index (χ0n) is 49.5. The van der Waals surface area contributed by atoms with Crippen LogP contribution in [-0.2, 0) is 43.7 Å². The van der Waals surface area contributed by atoms with Gasteiger partial charge in [0.25, 0.3) is 5.91 Å². The third-order valence-corrected chi connectivity index (χ3v) is 19.2. The second-order valence-corrected chi connectivity index (χ2v) is 28.4. The molecule has 0 bridgehead atoms. The Morgan fingerprint density at radius 2 is 1.48 bits per heavy atom. The molecule has 3 aliphatic heterocycles. The molecule has 0 saturated carbocycles. The van der Waals surface area contributed by atoms with Crippen molar-refractivity contribution in [2.45, 2.75) is 148 Å². The van der Waals surface area contributed by atoms with Crippen LogP contribution in [0, 0.1) is 17.8 Å². The quantitative estimate of drug-likeness (QED) is 0.0297. The number of aliphatic hydroxyl groups is 1. The maximum Gasteiger partial charge on any atom is 0.399 e. The van der Waals surface area contributed by atoms with Crippen LogP contribution in [0.5, 0.6) is 0 Å². The summed E-state index contributed by atoms with van der Waals surface area (Å²) >= 11 is 2.47. The summed E-state index contributed by atoms with van der Waals surface area (Å²) in [6.45, 7) is 14.6. The standard InChI is InChI=1S/C61H77F2N8O12PS2/c1-35(37-18-20-39(21-19-37)51-36(2)65-34-85-51)66-54(75)45-28-43(72)31-70(45)57(78)52(59(3,4)5)67-49(73)17-12-24-64-50(74)33-83-44-29-46(56(77)69-25-13-16-40(30-69)38-14-10-9-11-15-38)71(32-44)58(79)53(60(6,7)8)68-55(76)48-27-41-26-42(22-23-47(41)86-48)61(62,63)84(80,81)82/h9-11,14-15,18-23,26-27,34-35,40,43-46,52-53,72H,12-13,16-17,24-25,28-33H2,1-8H3,(H,64,74)(H,66,75)(H,67,73)(H,68,76)(H2,80,81,82)/t35?,40-,43+,44-,45-,46-,52?,53?/m0/s1. The Balaban J connectivity index is 0.871. The molecule has 25 heteroatoms. The molecule has 8 atom stereocenters. The SMILES string of the molecule is Cc1ncsc1-c1ccc(C(C)NC(=O)[C@@H]2C[C@@H](O)CN2C(=O)C(NC(=O)CCCNC(=O)CO[C@H]2C[C@@H](C(=O)N3CCC[C@H](c4ccccc4)C3)N(C(=O)C(NC(=O)c3cc4cc(C(F)(F)P(=O)(O)O)ccc4s3)C(C)(C)C)C2)C(C)(C)C)cc1. The Morgan fingerprint density at radius 3 is 2.12 bits per heavy atom. The summed E-state index contributed by atoms with van der Waals surface area (Å²) in [4.78, 5) is 127. The first-order chi connectivity index (χ1) is 40.4.